The molecule has 0 spiro atoms. The Morgan fingerprint density at radius 2 is 1.89 bits per heavy atom. The number of nitrogens with zero attached hydrogens (tertiary/aromatic N) is 1. The molecule has 140 valence electrons. The second-order valence-corrected chi connectivity index (χ2v) is 6.62. The molecule has 1 aromatic heterocycles. The van der Waals surface area contributed by atoms with Crippen molar-refractivity contribution in [2.24, 2.45) is 0 Å². The lowest BCUT2D eigenvalue weighted by Crippen LogP contribution is -2.23. The molecule has 3 nitrogen and oxygen atoms in total. The number of hydrogen-bond donors (Lipinski definition) is 1. The normalized spacial score (nSPS) is 10.2. The Hall–Kier alpha value is -3.43. The first-order chi connectivity index (χ1) is 13.7. The third-order valence-corrected chi connectivity index (χ3v) is 4.69. The smallest absolute Gasteiger partial charge is 0.252 e. The molecule has 2 aromatic carbocycles. The van der Waals surface area contributed by atoms with E-state index >= 15 is 0 Å². The first-order valence-electron chi connectivity index (χ1n) is 9.62. The number of fused-ring (bicyclic) bond motifs is 1. The molecule has 1 heterocycles. The lowest BCUT2D eigenvalue weighted by atomic mass is 10.1. The molecule has 0 saturated carbocycles. The first kappa shape index (κ1) is 19.3. The van der Waals surface area contributed by atoms with E-state index in [1.165, 1.54) is 16.5 Å². The molecule has 0 aliphatic carbocycles. The molecule has 0 aliphatic rings. The van der Waals surface area contributed by atoms with Crippen LogP contribution in [0.1, 0.15) is 47.4 Å². The number of carbonyl (C=O) groups excluding carboxylic acids is 1. The van der Waals surface area contributed by atoms with Crippen LogP contribution in [-0.2, 0) is 13.0 Å². The minimum atomic E-state index is -0.155. The number of rotatable bonds is 5. The van der Waals surface area contributed by atoms with Gasteiger partial charge in [-0.2, -0.15) is 0 Å². The highest BCUT2D eigenvalue weighted by atomic mass is 16.1. The van der Waals surface area contributed by atoms with Crippen LogP contribution in [0.3, 0.4) is 0 Å². The van der Waals surface area contributed by atoms with Crippen LogP contribution in [0.15, 0.2) is 48.5 Å². The van der Waals surface area contributed by atoms with Crippen LogP contribution in [0.4, 0.5) is 0 Å². The first-order valence-corrected chi connectivity index (χ1v) is 9.62. The fraction of sp³-hybridized carbons (Fsp3) is 0.240. The van der Waals surface area contributed by atoms with Gasteiger partial charge in [-0.25, -0.2) is 0 Å². The maximum absolute atomic E-state index is 12.2. The Kier molecular flexibility index (Phi) is 6.20. The van der Waals surface area contributed by atoms with Crippen molar-refractivity contribution in [1.29, 1.82) is 0 Å². The molecule has 3 aromatic rings. The lowest BCUT2D eigenvalue weighted by molar-refractivity contribution is 0.0958. The van der Waals surface area contributed by atoms with Gasteiger partial charge in [-0.05, 0) is 67.3 Å². The molecule has 1 amide bonds. The Bertz CT molecular complexity index is 1090. The van der Waals surface area contributed by atoms with Crippen LogP contribution in [-0.4, -0.2) is 17.0 Å². The summed E-state index contributed by atoms with van der Waals surface area (Å²) in [5, 5.41) is 4.05. The summed E-state index contributed by atoms with van der Waals surface area (Å²) in [7, 11) is 0. The van der Waals surface area contributed by atoms with Gasteiger partial charge in [-0.3, -0.25) is 4.79 Å². The van der Waals surface area contributed by atoms with Crippen LogP contribution in [0.2, 0.25) is 0 Å². The van der Waals surface area contributed by atoms with Crippen molar-refractivity contribution in [3.8, 4) is 24.2 Å². The SMILES string of the molecule is C#Cc1ccc(C(=O)NCC#Cc2cc3cc(CCC)ccc3n2CC)cc1. The van der Waals surface area contributed by atoms with Crippen LogP contribution < -0.4 is 5.32 Å². The zero-order valence-electron chi connectivity index (χ0n) is 16.4. The fourth-order valence-electron chi connectivity index (χ4n) is 3.29. The number of nitrogens with one attached hydrogen (secondary N) is 1. The van der Waals surface area contributed by atoms with Crippen molar-refractivity contribution in [3.63, 3.8) is 0 Å². The van der Waals surface area contributed by atoms with Gasteiger partial charge in [0.2, 0.25) is 0 Å². The van der Waals surface area contributed by atoms with E-state index in [-0.39, 0.29) is 5.91 Å². The summed E-state index contributed by atoms with van der Waals surface area (Å²) in [6.07, 6.45) is 7.56. The second-order valence-electron chi connectivity index (χ2n) is 6.62. The number of aromatic nitrogens is 1. The fourth-order valence-corrected chi connectivity index (χ4v) is 3.29. The predicted molar refractivity (Wildman–Crippen MR) is 115 cm³/mol. The topological polar surface area (TPSA) is 34.0 Å². The Morgan fingerprint density at radius 3 is 2.57 bits per heavy atom. The van der Waals surface area contributed by atoms with E-state index in [0.717, 1.165) is 30.6 Å². The number of hydrogen-bond acceptors (Lipinski definition) is 1. The van der Waals surface area contributed by atoms with Crippen LogP contribution in [0.5, 0.6) is 0 Å². The number of aryl methyl sites for hydroxylation is 2. The van der Waals surface area contributed by atoms with E-state index < -0.39 is 0 Å². The summed E-state index contributed by atoms with van der Waals surface area (Å²) in [4.78, 5) is 12.2. The van der Waals surface area contributed by atoms with Gasteiger partial charge >= 0.3 is 0 Å². The maximum Gasteiger partial charge on any atom is 0.252 e. The third-order valence-electron chi connectivity index (χ3n) is 4.69. The Balaban J connectivity index is 1.71. The van der Waals surface area contributed by atoms with Gasteiger partial charge in [0.25, 0.3) is 5.91 Å². The van der Waals surface area contributed by atoms with Crippen molar-refractivity contribution in [2.75, 3.05) is 6.54 Å². The molecule has 0 saturated heterocycles. The minimum Gasteiger partial charge on any atom is -0.341 e. The summed E-state index contributed by atoms with van der Waals surface area (Å²) in [5.41, 5.74) is 4.85. The molecule has 0 aliphatic heterocycles. The van der Waals surface area contributed by atoms with Crippen molar-refractivity contribution in [3.05, 3.63) is 70.9 Å². The molecule has 28 heavy (non-hydrogen) atoms. The molecule has 0 radical (unpaired) electrons. The molecule has 0 bridgehead atoms. The highest BCUT2D eigenvalue weighted by Gasteiger charge is 2.07. The van der Waals surface area contributed by atoms with Crippen molar-refractivity contribution in [1.82, 2.24) is 9.88 Å². The van der Waals surface area contributed by atoms with Gasteiger partial charge in [-0.1, -0.05) is 31.3 Å². The van der Waals surface area contributed by atoms with E-state index in [1.54, 1.807) is 24.3 Å². The van der Waals surface area contributed by atoms with Gasteiger partial charge in [0.1, 0.15) is 0 Å². The van der Waals surface area contributed by atoms with Gasteiger partial charge < -0.3 is 9.88 Å². The Labute approximate surface area is 166 Å². The maximum atomic E-state index is 12.2. The molecule has 0 atom stereocenters. The molecule has 0 unspecified atom stereocenters. The largest absolute Gasteiger partial charge is 0.341 e. The molecule has 1 N–H and O–H groups in total. The number of benzene rings is 2. The van der Waals surface area contributed by atoms with Gasteiger partial charge in [0.15, 0.2) is 0 Å². The molecular formula is C25H24N2O. The zero-order chi connectivity index (χ0) is 19.9. The summed E-state index contributed by atoms with van der Waals surface area (Å²) in [6, 6.07) is 15.7. The van der Waals surface area contributed by atoms with Crippen molar-refractivity contribution in [2.45, 2.75) is 33.2 Å². The summed E-state index contributed by atoms with van der Waals surface area (Å²) < 4.78 is 2.21. The van der Waals surface area contributed by atoms with E-state index in [4.69, 9.17) is 6.42 Å². The molecule has 0 fully saturated rings. The van der Waals surface area contributed by atoms with Crippen LogP contribution in [0, 0.1) is 24.2 Å². The van der Waals surface area contributed by atoms with E-state index in [1.807, 2.05) is 0 Å². The average Bonchev–Trinajstić information content (AvgIpc) is 3.08. The minimum absolute atomic E-state index is 0.155. The average molecular weight is 368 g/mol. The predicted octanol–water partition coefficient (Wildman–Crippen LogP) is 4.38. The highest BCUT2D eigenvalue weighted by molar-refractivity contribution is 5.94. The van der Waals surface area contributed by atoms with Gasteiger partial charge in [0, 0.05) is 28.6 Å². The van der Waals surface area contributed by atoms with Gasteiger partial charge in [-0.15, -0.1) is 6.42 Å². The third kappa shape index (κ3) is 4.27. The van der Waals surface area contributed by atoms with E-state index in [9.17, 15) is 4.79 Å². The Morgan fingerprint density at radius 1 is 1.11 bits per heavy atom. The van der Waals surface area contributed by atoms with E-state index in [2.05, 4.69) is 65.8 Å². The molecular weight excluding hydrogens is 344 g/mol. The van der Waals surface area contributed by atoms with Crippen LogP contribution >= 0.6 is 0 Å². The molecule has 3 rings (SSSR count). The standard InChI is InChI=1S/C25H24N2O/c1-4-8-20-12-15-24-22(17-20)18-23(27(24)6-3)9-7-16-26-25(28)21-13-10-19(5-2)11-14-21/h2,10-15,17-18H,4,6,8,16H2,1,3H3,(H,26,28). The number of amides is 1. The lowest BCUT2D eigenvalue weighted by Gasteiger charge is -2.04. The zero-order valence-corrected chi connectivity index (χ0v) is 16.4. The van der Waals surface area contributed by atoms with Crippen molar-refractivity contribution >= 4 is 16.8 Å². The summed E-state index contributed by atoms with van der Waals surface area (Å²) in [5.74, 6) is 8.65. The number of terminal acetylenes is 1. The van der Waals surface area contributed by atoms with Gasteiger partial charge in [0.05, 0.1) is 12.2 Å². The summed E-state index contributed by atoms with van der Waals surface area (Å²) >= 11 is 0. The quantitative estimate of drug-likeness (QED) is 0.667. The molecule has 3 heteroatoms. The number of carbonyl (C=O) groups is 1. The monoisotopic (exact) mass is 368 g/mol. The van der Waals surface area contributed by atoms with E-state index in [0.29, 0.717) is 12.1 Å². The van der Waals surface area contributed by atoms with Crippen molar-refractivity contribution < 1.29 is 4.79 Å². The highest BCUT2D eigenvalue weighted by Crippen LogP contribution is 2.21. The van der Waals surface area contributed by atoms with Crippen LogP contribution in [0.25, 0.3) is 10.9 Å². The second kappa shape index (κ2) is 8.98. The summed E-state index contributed by atoms with van der Waals surface area (Å²) in [6.45, 7) is 5.46.